The number of carbonyl (C=O) groups is 1. The number of hydrogen-bond acceptors (Lipinski definition) is 4. The quantitative estimate of drug-likeness (QED) is 0.388. The smallest absolute Gasteiger partial charge is 0.207 e. The van der Waals surface area contributed by atoms with E-state index in [1.54, 1.807) is 0 Å². The molecule has 0 spiro atoms. The predicted octanol–water partition coefficient (Wildman–Crippen LogP) is -1.47. The van der Waals surface area contributed by atoms with Crippen LogP contribution < -0.4 is 10.8 Å². The molecule has 1 aliphatic heterocycles. The first-order valence-corrected chi connectivity index (χ1v) is 3.67. The standard InChI is InChI=1S/C6H13N3O2/c10-5-7-1-3-9-4-2-8-11-6-9/h5,8H,1-4,6H2,(H,7,10). The van der Waals surface area contributed by atoms with Crippen LogP contribution in [-0.2, 0) is 9.63 Å². The van der Waals surface area contributed by atoms with Gasteiger partial charge in [0.2, 0.25) is 6.41 Å². The van der Waals surface area contributed by atoms with Gasteiger partial charge in [0.15, 0.2) is 0 Å². The van der Waals surface area contributed by atoms with Crippen LogP contribution in [0.4, 0.5) is 0 Å². The Balaban J connectivity index is 2.00. The fourth-order valence-electron chi connectivity index (χ4n) is 0.935. The molecule has 0 radical (unpaired) electrons. The van der Waals surface area contributed by atoms with Crippen LogP contribution in [0.2, 0.25) is 0 Å². The van der Waals surface area contributed by atoms with Crippen molar-refractivity contribution < 1.29 is 9.63 Å². The van der Waals surface area contributed by atoms with Gasteiger partial charge in [0.1, 0.15) is 6.73 Å². The molecule has 1 saturated heterocycles. The molecular formula is C6H13N3O2. The second kappa shape index (κ2) is 5.06. The van der Waals surface area contributed by atoms with Gasteiger partial charge < -0.3 is 5.32 Å². The summed E-state index contributed by atoms with van der Waals surface area (Å²) in [5.41, 5.74) is 2.77. The molecule has 5 nitrogen and oxygen atoms in total. The van der Waals surface area contributed by atoms with Crippen molar-refractivity contribution in [3.8, 4) is 0 Å². The Hall–Kier alpha value is -0.650. The Kier molecular flexibility index (Phi) is 3.89. The summed E-state index contributed by atoms with van der Waals surface area (Å²) in [6.45, 7) is 3.95. The molecule has 0 aromatic rings. The molecule has 1 aliphatic rings. The zero-order chi connectivity index (χ0) is 7.94. The number of amides is 1. The zero-order valence-corrected chi connectivity index (χ0v) is 6.38. The second-order valence-corrected chi connectivity index (χ2v) is 2.36. The van der Waals surface area contributed by atoms with Crippen LogP contribution in [0.3, 0.4) is 0 Å². The monoisotopic (exact) mass is 159 g/mol. The van der Waals surface area contributed by atoms with Gasteiger partial charge in [-0.2, -0.15) is 5.48 Å². The van der Waals surface area contributed by atoms with Gasteiger partial charge in [0, 0.05) is 26.2 Å². The molecule has 0 unspecified atom stereocenters. The average Bonchev–Trinajstić information content (AvgIpc) is 2.07. The lowest BCUT2D eigenvalue weighted by Gasteiger charge is -2.26. The van der Waals surface area contributed by atoms with Crippen molar-refractivity contribution in [2.45, 2.75) is 0 Å². The molecule has 0 bridgehead atoms. The van der Waals surface area contributed by atoms with Gasteiger partial charge in [-0.1, -0.05) is 0 Å². The lowest BCUT2D eigenvalue weighted by atomic mass is 10.5. The van der Waals surface area contributed by atoms with E-state index >= 15 is 0 Å². The van der Waals surface area contributed by atoms with E-state index in [9.17, 15) is 4.79 Å². The summed E-state index contributed by atoms with van der Waals surface area (Å²) < 4.78 is 0. The fraction of sp³-hybridized carbons (Fsp3) is 0.833. The van der Waals surface area contributed by atoms with E-state index in [-0.39, 0.29) is 0 Å². The molecule has 0 atom stereocenters. The highest BCUT2D eigenvalue weighted by atomic mass is 16.7. The lowest BCUT2D eigenvalue weighted by Crippen LogP contribution is -2.44. The third-order valence-electron chi connectivity index (χ3n) is 1.53. The van der Waals surface area contributed by atoms with E-state index in [1.165, 1.54) is 0 Å². The Labute approximate surface area is 65.6 Å². The molecule has 0 aliphatic carbocycles. The van der Waals surface area contributed by atoms with Crippen molar-refractivity contribution in [3.63, 3.8) is 0 Å². The Bertz CT molecular complexity index is 114. The van der Waals surface area contributed by atoms with Crippen LogP contribution in [0, 0.1) is 0 Å². The maximum absolute atomic E-state index is 9.87. The summed E-state index contributed by atoms with van der Waals surface area (Å²) >= 11 is 0. The number of nitrogens with zero attached hydrogens (tertiary/aromatic N) is 1. The van der Waals surface area contributed by atoms with Gasteiger partial charge in [-0.25, -0.2) is 0 Å². The Morgan fingerprint density at radius 1 is 1.73 bits per heavy atom. The van der Waals surface area contributed by atoms with Crippen LogP contribution in [-0.4, -0.2) is 44.2 Å². The van der Waals surface area contributed by atoms with Crippen molar-refractivity contribution in [1.82, 2.24) is 15.7 Å². The topological polar surface area (TPSA) is 53.6 Å². The molecule has 2 N–H and O–H groups in total. The number of hydroxylamine groups is 1. The molecule has 5 heteroatoms. The van der Waals surface area contributed by atoms with Gasteiger partial charge in [0.05, 0.1) is 0 Å². The molecule has 0 saturated carbocycles. The van der Waals surface area contributed by atoms with Crippen LogP contribution in [0.1, 0.15) is 0 Å². The molecule has 1 rings (SSSR count). The summed E-state index contributed by atoms with van der Waals surface area (Å²) in [4.78, 5) is 17.0. The highest BCUT2D eigenvalue weighted by molar-refractivity contribution is 5.45. The lowest BCUT2D eigenvalue weighted by molar-refractivity contribution is -0.110. The second-order valence-electron chi connectivity index (χ2n) is 2.36. The Morgan fingerprint density at radius 2 is 2.64 bits per heavy atom. The van der Waals surface area contributed by atoms with E-state index in [0.29, 0.717) is 19.7 Å². The average molecular weight is 159 g/mol. The largest absolute Gasteiger partial charge is 0.357 e. The molecule has 11 heavy (non-hydrogen) atoms. The number of rotatable bonds is 4. The van der Waals surface area contributed by atoms with E-state index in [2.05, 4.69) is 15.7 Å². The summed E-state index contributed by atoms with van der Waals surface area (Å²) in [6, 6.07) is 0. The van der Waals surface area contributed by atoms with Gasteiger partial charge in [-0.05, 0) is 0 Å². The van der Waals surface area contributed by atoms with Crippen molar-refractivity contribution in [2.24, 2.45) is 0 Å². The fourth-order valence-corrected chi connectivity index (χ4v) is 0.935. The van der Waals surface area contributed by atoms with Gasteiger partial charge >= 0.3 is 0 Å². The van der Waals surface area contributed by atoms with E-state index in [1.807, 2.05) is 0 Å². The van der Waals surface area contributed by atoms with Crippen LogP contribution >= 0.6 is 0 Å². The molecule has 1 heterocycles. The first-order chi connectivity index (χ1) is 5.43. The number of hydrogen-bond donors (Lipinski definition) is 2. The van der Waals surface area contributed by atoms with Crippen LogP contribution in [0.5, 0.6) is 0 Å². The molecule has 0 aromatic carbocycles. The van der Waals surface area contributed by atoms with Crippen molar-refractivity contribution >= 4 is 6.41 Å². The third-order valence-corrected chi connectivity index (χ3v) is 1.53. The summed E-state index contributed by atoms with van der Waals surface area (Å²) in [7, 11) is 0. The summed E-state index contributed by atoms with van der Waals surface area (Å²) in [5, 5.41) is 2.60. The van der Waals surface area contributed by atoms with E-state index in [4.69, 9.17) is 4.84 Å². The molecule has 1 fully saturated rings. The van der Waals surface area contributed by atoms with E-state index in [0.717, 1.165) is 19.6 Å². The minimum atomic E-state index is 0.598. The normalized spacial score (nSPS) is 19.6. The van der Waals surface area contributed by atoms with Gasteiger partial charge in [-0.3, -0.25) is 14.5 Å². The molecule has 64 valence electrons. The minimum Gasteiger partial charge on any atom is -0.357 e. The van der Waals surface area contributed by atoms with Crippen molar-refractivity contribution in [1.29, 1.82) is 0 Å². The molecular weight excluding hydrogens is 146 g/mol. The Morgan fingerprint density at radius 3 is 3.27 bits per heavy atom. The van der Waals surface area contributed by atoms with Crippen molar-refractivity contribution in [2.75, 3.05) is 32.9 Å². The van der Waals surface area contributed by atoms with Crippen molar-refractivity contribution in [3.05, 3.63) is 0 Å². The van der Waals surface area contributed by atoms with Gasteiger partial charge in [0.25, 0.3) is 0 Å². The van der Waals surface area contributed by atoms with Crippen LogP contribution in [0.25, 0.3) is 0 Å². The predicted molar refractivity (Wildman–Crippen MR) is 39.6 cm³/mol. The number of carbonyl (C=O) groups excluding carboxylic acids is 1. The van der Waals surface area contributed by atoms with Crippen LogP contribution in [0.15, 0.2) is 0 Å². The van der Waals surface area contributed by atoms with Gasteiger partial charge in [-0.15, -0.1) is 0 Å². The van der Waals surface area contributed by atoms with E-state index < -0.39 is 0 Å². The highest BCUT2D eigenvalue weighted by Gasteiger charge is 2.08. The summed E-state index contributed by atoms with van der Waals surface area (Å²) in [6.07, 6.45) is 0.711. The molecule has 0 aromatic heterocycles. The highest BCUT2D eigenvalue weighted by Crippen LogP contribution is 1.90. The number of nitrogens with one attached hydrogen (secondary N) is 2. The first-order valence-electron chi connectivity index (χ1n) is 3.67. The first kappa shape index (κ1) is 8.45. The minimum absolute atomic E-state index is 0.598. The maximum atomic E-state index is 9.87. The summed E-state index contributed by atoms with van der Waals surface area (Å²) in [5.74, 6) is 0. The maximum Gasteiger partial charge on any atom is 0.207 e. The molecule has 1 amide bonds. The zero-order valence-electron chi connectivity index (χ0n) is 6.38. The third kappa shape index (κ3) is 3.31. The SMILES string of the molecule is O=CNCCN1CCNOC1.